The monoisotopic (exact) mass is 422 g/mol. The van der Waals surface area contributed by atoms with E-state index in [0.29, 0.717) is 0 Å². The summed E-state index contributed by atoms with van der Waals surface area (Å²) in [6, 6.07) is 0. The average Bonchev–Trinajstić information content (AvgIpc) is 3.06. The average molecular weight is 422 g/mol. The number of carbonyl (C=O) groups is 2. The van der Waals surface area contributed by atoms with E-state index in [2.05, 4.69) is 0 Å². The molecule has 8 nitrogen and oxygen atoms in total. The molecule has 0 radical (unpaired) electrons. The van der Waals surface area contributed by atoms with Gasteiger partial charge in [-0.2, -0.15) is 0 Å². The third-order valence-electron chi connectivity index (χ3n) is 8.44. The Hall–Kier alpha value is -1.58. The lowest BCUT2D eigenvalue weighted by molar-refractivity contribution is -0.273. The number of hydrogen-bond donors (Lipinski definition) is 5. The molecule has 0 aromatic carbocycles. The highest BCUT2D eigenvalue weighted by Gasteiger charge is 2.87. The second-order valence-electron chi connectivity index (χ2n) is 10.1. The Balaban J connectivity index is 2.01. The fourth-order valence-corrected chi connectivity index (χ4v) is 6.85. The summed E-state index contributed by atoms with van der Waals surface area (Å²) in [7, 11) is 0. The highest BCUT2D eigenvalue weighted by atomic mass is 16.6. The Morgan fingerprint density at radius 1 is 1.20 bits per heavy atom. The van der Waals surface area contributed by atoms with Crippen LogP contribution in [-0.2, 0) is 14.3 Å². The van der Waals surface area contributed by atoms with Crippen LogP contribution >= 0.6 is 0 Å². The van der Waals surface area contributed by atoms with Crippen molar-refractivity contribution in [1.82, 2.24) is 0 Å². The van der Waals surface area contributed by atoms with Gasteiger partial charge in [0.2, 0.25) is 0 Å². The number of aliphatic hydroxyl groups is 5. The van der Waals surface area contributed by atoms with Crippen LogP contribution in [0.1, 0.15) is 41.0 Å². The number of hydrogen-bond acceptors (Lipinski definition) is 8. The van der Waals surface area contributed by atoms with Gasteiger partial charge in [0.1, 0.15) is 22.9 Å². The van der Waals surface area contributed by atoms with E-state index >= 15 is 0 Å². The number of ketones is 1. The van der Waals surface area contributed by atoms with Crippen molar-refractivity contribution < 1.29 is 39.9 Å². The molecule has 2 fully saturated rings. The van der Waals surface area contributed by atoms with Crippen LogP contribution in [0, 0.1) is 23.2 Å². The first-order valence-electron chi connectivity index (χ1n) is 10.3. The van der Waals surface area contributed by atoms with Crippen molar-refractivity contribution in [3.05, 3.63) is 23.3 Å². The summed E-state index contributed by atoms with van der Waals surface area (Å²) in [6.45, 7) is 7.25. The standard InChI is InChI=1S/C22H30O8/c1-10-7-20(27)19(26,16(10)25)8-13(9-23)6-14-15-18(4,5)22(15,29)17(30-12(3)24)11(2)21(14,20)28/h6-7,11,14-15,17,23,26-29H,8-9H2,1-5H3/t11-,14+,15?,17-,19+,20-,21-,22-/m1/s1. The van der Waals surface area contributed by atoms with E-state index in [4.69, 9.17) is 4.74 Å². The second-order valence-corrected chi connectivity index (χ2v) is 10.1. The van der Waals surface area contributed by atoms with Gasteiger partial charge < -0.3 is 30.3 Å². The van der Waals surface area contributed by atoms with Crippen LogP contribution in [0.2, 0.25) is 0 Å². The van der Waals surface area contributed by atoms with Gasteiger partial charge in [-0.25, -0.2) is 0 Å². The molecule has 0 bridgehead atoms. The Labute approximate surface area is 174 Å². The zero-order valence-electron chi connectivity index (χ0n) is 17.8. The van der Waals surface area contributed by atoms with E-state index in [1.807, 2.05) is 0 Å². The summed E-state index contributed by atoms with van der Waals surface area (Å²) >= 11 is 0. The normalized spacial score (nSPS) is 51.1. The summed E-state index contributed by atoms with van der Waals surface area (Å²) in [5.74, 6) is -3.98. The number of rotatable bonds is 2. The van der Waals surface area contributed by atoms with Crippen molar-refractivity contribution in [2.75, 3.05) is 6.61 Å². The topological polar surface area (TPSA) is 145 Å². The Morgan fingerprint density at radius 3 is 2.33 bits per heavy atom. The number of esters is 1. The molecular weight excluding hydrogens is 392 g/mol. The summed E-state index contributed by atoms with van der Waals surface area (Å²) in [4.78, 5) is 24.8. The molecule has 5 N–H and O–H groups in total. The molecule has 0 saturated heterocycles. The molecule has 0 aromatic heterocycles. The van der Waals surface area contributed by atoms with Crippen molar-refractivity contribution in [3.63, 3.8) is 0 Å². The van der Waals surface area contributed by atoms with E-state index in [-0.39, 0.29) is 17.6 Å². The smallest absolute Gasteiger partial charge is 0.303 e. The van der Waals surface area contributed by atoms with Crippen molar-refractivity contribution in [2.24, 2.45) is 23.2 Å². The number of ether oxygens (including phenoxy) is 1. The SMILES string of the molecule is CC(=O)O[C@@H]1[C@@H](C)[C@@]2(O)[C@@H](C=C(CO)C[C@]3(O)C(=O)C(C)=C[C@]23O)C2C(C)(C)[C@@]21O. The zero-order valence-corrected chi connectivity index (χ0v) is 17.8. The largest absolute Gasteiger partial charge is 0.459 e. The van der Waals surface area contributed by atoms with E-state index in [0.717, 1.165) is 0 Å². The minimum Gasteiger partial charge on any atom is -0.459 e. The molecule has 0 aromatic rings. The number of aliphatic hydroxyl groups excluding tert-OH is 1. The minimum atomic E-state index is -2.41. The third kappa shape index (κ3) is 2.04. The van der Waals surface area contributed by atoms with Crippen molar-refractivity contribution in [3.8, 4) is 0 Å². The fourth-order valence-electron chi connectivity index (χ4n) is 6.85. The second kappa shape index (κ2) is 5.81. The Bertz CT molecular complexity index is 905. The first-order valence-corrected chi connectivity index (χ1v) is 10.3. The van der Waals surface area contributed by atoms with Gasteiger partial charge in [0.25, 0.3) is 0 Å². The molecule has 30 heavy (non-hydrogen) atoms. The molecule has 0 amide bonds. The van der Waals surface area contributed by atoms with Gasteiger partial charge in [0.05, 0.1) is 6.61 Å². The molecule has 0 heterocycles. The van der Waals surface area contributed by atoms with Gasteiger partial charge in [0, 0.05) is 36.5 Å². The van der Waals surface area contributed by atoms with E-state index in [1.54, 1.807) is 19.9 Å². The third-order valence-corrected chi connectivity index (χ3v) is 8.44. The maximum absolute atomic E-state index is 12.9. The van der Waals surface area contributed by atoms with Crippen LogP contribution in [0.25, 0.3) is 0 Å². The predicted octanol–water partition coefficient (Wildman–Crippen LogP) is -0.384. The molecule has 8 atom stereocenters. The van der Waals surface area contributed by atoms with Gasteiger partial charge >= 0.3 is 5.97 Å². The van der Waals surface area contributed by atoms with Crippen LogP contribution in [0.5, 0.6) is 0 Å². The maximum Gasteiger partial charge on any atom is 0.303 e. The molecule has 0 spiro atoms. The lowest BCUT2D eigenvalue weighted by Crippen LogP contribution is -2.75. The fraction of sp³-hybridized carbons (Fsp3) is 0.727. The number of carbonyl (C=O) groups excluding carboxylic acids is 2. The van der Waals surface area contributed by atoms with Gasteiger partial charge in [-0.05, 0) is 24.1 Å². The van der Waals surface area contributed by atoms with Gasteiger partial charge in [-0.15, -0.1) is 0 Å². The van der Waals surface area contributed by atoms with Crippen LogP contribution in [-0.4, -0.2) is 72.4 Å². The molecular formula is C22H30O8. The molecule has 2 saturated carbocycles. The lowest BCUT2D eigenvalue weighted by Gasteiger charge is -2.56. The Morgan fingerprint density at radius 2 is 1.80 bits per heavy atom. The molecule has 1 unspecified atom stereocenters. The van der Waals surface area contributed by atoms with Gasteiger partial charge in [0.15, 0.2) is 11.4 Å². The summed E-state index contributed by atoms with van der Waals surface area (Å²) < 4.78 is 5.47. The summed E-state index contributed by atoms with van der Waals surface area (Å²) in [6.07, 6.45) is 1.22. The lowest BCUT2D eigenvalue weighted by atomic mass is 9.56. The summed E-state index contributed by atoms with van der Waals surface area (Å²) in [5.41, 5.74) is -8.85. The summed E-state index contributed by atoms with van der Waals surface area (Å²) in [5, 5.41) is 56.9. The molecule has 166 valence electrons. The Kier molecular flexibility index (Phi) is 4.19. The quantitative estimate of drug-likeness (QED) is 0.299. The van der Waals surface area contributed by atoms with Gasteiger partial charge in [-0.3, -0.25) is 9.59 Å². The molecule has 0 aliphatic heterocycles. The maximum atomic E-state index is 12.9. The van der Waals surface area contributed by atoms with Crippen LogP contribution in [0.3, 0.4) is 0 Å². The molecule has 8 heteroatoms. The number of Topliss-reactive ketones (excluding diaryl/α,β-unsaturated/α-hetero) is 1. The van der Waals surface area contributed by atoms with E-state index < -0.39 is 70.0 Å². The van der Waals surface area contributed by atoms with Crippen molar-refractivity contribution in [1.29, 1.82) is 0 Å². The first-order chi connectivity index (χ1) is 13.6. The first kappa shape index (κ1) is 21.6. The highest BCUT2D eigenvalue weighted by molar-refractivity contribution is 6.06. The molecule has 4 aliphatic rings. The van der Waals surface area contributed by atoms with E-state index in [1.165, 1.54) is 26.8 Å². The minimum absolute atomic E-state index is 0.0958. The zero-order chi connectivity index (χ0) is 22.7. The molecule has 4 aliphatic carbocycles. The van der Waals surface area contributed by atoms with Gasteiger partial charge in [-0.1, -0.05) is 26.8 Å². The highest BCUT2D eigenvalue weighted by Crippen LogP contribution is 2.75. The van der Waals surface area contributed by atoms with Crippen LogP contribution in [0.15, 0.2) is 23.3 Å². The van der Waals surface area contributed by atoms with Crippen LogP contribution in [0.4, 0.5) is 0 Å². The van der Waals surface area contributed by atoms with Crippen LogP contribution < -0.4 is 0 Å². The van der Waals surface area contributed by atoms with Crippen molar-refractivity contribution in [2.45, 2.75) is 69.5 Å². The predicted molar refractivity (Wildman–Crippen MR) is 104 cm³/mol. The van der Waals surface area contributed by atoms with E-state index in [9.17, 15) is 35.1 Å². The molecule has 4 rings (SSSR count). The number of fused-ring (bicyclic) bond motifs is 5. The van der Waals surface area contributed by atoms with Crippen molar-refractivity contribution >= 4 is 11.8 Å².